The normalized spacial score (nSPS) is 24.9. The molecule has 1 N–H and O–H groups in total. The van der Waals surface area contributed by atoms with E-state index in [0.29, 0.717) is 6.42 Å². The maximum Gasteiger partial charge on any atom is 0.326 e. The van der Waals surface area contributed by atoms with Gasteiger partial charge in [-0.05, 0) is 50.4 Å². The van der Waals surface area contributed by atoms with Crippen LogP contribution in [-0.2, 0) is 9.53 Å². The molecule has 1 aliphatic rings. The van der Waals surface area contributed by atoms with Gasteiger partial charge in [-0.2, -0.15) is 0 Å². The van der Waals surface area contributed by atoms with Gasteiger partial charge in [-0.3, -0.25) is 4.79 Å². The molecule has 0 aromatic heterocycles. The monoisotopic (exact) mass is 291 g/mol. The summed E-state index contributed by atoms with van der Waals surface area (Å²) < 4.78 is 11.1. The second kappa shape index (κ2) is 6.48. The number of hydrogen-bond acceptors (Lipinski definition) is 4. The lowest BCUT2D eigenvalue weighted by Gasteiger charge is -2.27. The van der Waals surface area contributed by atoms with Crippen LogP contribution in [-0.4, -0.2) is 31.3 Å². The summed E-state index contributed by atoms with van der Waals surface area (Å²) in [4.78, 5) is 12.1. The molecule has 1 aromatic rings. The minimum atomic E-state index is -0.591. The fourth-order valence-electron chi connectivity index (χ4n) is 3.08. The van der Waals surface area contributed by atoms with Crippen LogP contribution < -0.4 is 10.1 Å². The highest BCUT2D eigenvalue weighted by Gasteiger charge is 2.46. The summed E-state index contributed by atoms with van der Waals surface area (Å²) in [5, 5.41) is 3.30. The van der Waals surface area contributed by atoms with E-state index in [-0.39, 0.29) is 12.1 Å². The molecule has 1 fully saturated rings. The average molecular weight is 291 g/mol. The lowest BCUT2D eigenvalue weighted by Crippen LogP contribution is -2.51. The largest absolute Gasteiger partial charge is 0.490 e. The van der Waals surface area contributed by atoms with Crippen molar-refractivity contribution in [2.45, 2.75) is 51.7 Å². The van der Waals surface area contributed by atoms with E-state index in [1.807, 2.05) is 19.1 Å². The molecule has 0 saturated heterocycles. The number of ether oxygens (including phenoxy) is 2. The van der Waals surface area contributed by atoms with Gasteiger partial charge in [0.2, 0.25) is 0 Å². The quantitative estimate of drug-likeness (QED) is 0.847. The highest BCUT2D eigenvalue weighted by molar-refractivity contribution is 5.81. The molecule has 0 radical (unpaired) electrons. The van der Waals surface area contributed by atoms with Crippen molar-refractivity contribution in [1.82, 2.24) is 5.32 Å². The minimum absolute atomic E-state index is 0.0450. The highest BCUT2D eigenvalue weighted by Crippen LogP contribution is 2.35. The highest BCUT2D eigenvalue weighted by atomic mass is 16.5. The predicted molar refractivity (Wildman–Crippen MR) is 82.6 cm³/mol. The molecule has 1 aromatic carbocycles. The van der Waals surface area contributed by atoms with Gasteiger partial charge in [0.1, 0.15) is 17.4 Å². The van der Waals surface area contributed by atoms with Crippen molar-refractivity contribution in [3.63, 3.8) is 0 Å². The predicted octanol–water partition coefficient (Wildman–Crippen LogP) is 2.76. The van der Waals surface area contributed by atoms with Gasteiger partial charge in [0.25, 0.3) is 0 Å². The number of aryl methyl sites for hydroxylation is 1. The van der Waals surface area contributed by atoms with Crippen molar-refractivity contribution in [2.24, 2.45) is 0 Å². The topological polar surface area (TPSA) is 47.6 Å². The molecule has 2 unspecified atom stereocenters. The number of methoxy groups -OCH3 is 1. The van der Waals surface area contributed by atoms with Gasteiger partial charge in [0.15, 0.2) is 0 Å². The molecule has 4 nitrogen and oxygen atoms in total. The first-order chi connectivity index (χ1) is 10.0. The fourth-order valence-corrected chi connectivity index (χ4v) is 3.08. The van der Waals surface area contributed by atoms with E-state index in [1.165, 1.54) is 12.7 Å². The number of likely N-dealkylation sites (N-methyl/N-ethyl adjacent to an activating group) is 1. The third-order valence-electron chi connectivity index (χ3n) is 4.41. The van der Waals surface area contributed by atoms with E-state index in [1.54, 1.807) is 0 Å². The maximum absolute atomic E-state index is 12.1. The molecule has 0 heterocycles. The Bertz CT molecular complexity index is 515. The Labute approximate surface area is 126 Å². The van der Waals surface area contributed by atoms with Crippen LogP contribution in [0.15, 0.2) is 18.2 Å². The van der Waals surface area contributed by atoms with Crippen LogP contribution in [0.1, 0.15) is 37.3 Å². The average Bonchev–Trinajstić information content (AvgIpc) is 2.88. The van der Waals surface area contributed by atoms with Crippen LogP contribution in [0.3, 0.4) is 0 Å². The van der Waals surface area contributed by atoms with Gasteiger partial charge in [-0.25, -0.2) is 0 Å². The Morgan fingerprint density at radius 3 is 2.86 bits per heavy atom. The molecule has 1 saturated carbocycles. The summed E-state index contributed by atoms with van der Waals surface area (Å²) >= 11 is 0. The molecule has 2 rings (SSSR count). The van der Waals surface area contributed by atoms with Crippen molar-refractivity contribution in [3.05, 3.63) is 29.3 Å². The van der Waals surface area contributed by atoms with Gasteiger partial charge in [-0.15, -0.1) is 0 Å². The molecule has 0 amide bonds. The number of hydrogen-bond donors (Lipinski definition) is 1. The molecule has 0 spiro atoms. The Kier molecular flexibility index (Phi) is 4.88. The van der Waals surface area contributed by atoms with Crippen LogP contribution >= 0.6 is 0 Å². The van der Waals surface area contributed by atoms with E-state index in [2.05, 4.69) is 25.2 Å². The van der Waals surface area contributed by atoms with Crippen molar-refractivity contribution < 1.29 is 14.3 Å². The van der Waals surface area contributed by atoms with Crippen molar-refractivity contribution >= 4 is 5.97 Å². The molecule has 116 valence electrons. The zero-order valence-corrected chi connectivity index (χ0v) is 13.4. The summed E-state index contributed by atoms with van der Waals surface area (Å²) in [5.41, 5.74) is 1.79. The van der Waals surface area contributed by atoms with Crippen molar-refractivity contribution in [2.75, 3.05) is 13.7 Å². The Morgan fingerprint density at radius 2 is 2.19 bits per heavy atom. The summed E-state index contributed by atoms with van der Waals surface area (Å²) in [6.07, 6.45) is 2.31. The van der Waals surface area contributed by atoms with Gasteiger partial charge >= 0.3 is 5.97 Å². The van der Waals surface area contributed by atoms with Crippen LogP contribution in [0.25, 0.3) is 0 Å². The van der Waals surface area contributed by atoms with Gasteiger partial charge in [-0.1, -0.05) is 19.1 Å². The number of benzene rings is 1. The zero-order chi connectivity index (χ0) is 15.5. The molecular formula is C17H25NO3. The molecule has 1 aliphatic carbocycles. The van der Waals surface area contributed by atoms with Crippen molar-refractivity contribution in [1.29, 1.82) is 0 Å². The number of rotatable bonds is 5. The standard InChI is InChI=1S/C17H25NO3/c1-5-18-17(16(19)20-4)10-9-14(11-17)21-15-8-6-7-12(2)13(15)3/h6-8,14,18H,5,9-11H2,1-4H3. The first-order valence-electron chi connectivity index (χ1n) is 7.58. The van der Waals surface area contributed by atoms with Crippen molar-refractivity contribution in [3.8, 4) is 5.75 Å². The van der Waals surface area contributed by atoms with Gasteiger partial charge in [0.05, 0.1) is 7.11 Å². The first kappa shape index (κ1) is 15.8. The Hall–Kier alpha value is -1.55. The summed E-state index contributed by atoms with van der Waals surface area (Å²) in [5.74, 6) is 0.730. The van der Waals surface area contributed by atoms with Crippen LogP contribution in [0.2, 0.25) is 0 Å². The smallest absolute Gasteiger partial charge is 0.326 e. The summed E-state index contributed by atoms with van der Waals surface area (Å²) in [6, 6.07) is 6.08. The van der Waals surface area contributed by atoms with E-state index >= 15 is 0 Å². The molecule has 0 aliphatic heterocycles. The summed E-state index contributed by atoms with van der Waals surface area (Å²) in [7, 11) is 1.44. The zero-order valence-electron chi connectivity index (χ0n) is 13.4. The molecule has 4 heteroatoms. The second-order valence-corrected chi connectivity index (χ2v) is 5.78. The van der Waals surface area contributed by atoms with Crippen LogP contribution in [0.5, 0.6) is 5.75 Å². The molecule has 0 bridgehead atoms. The Balaban J connectivity index is 2.10. The van der Waals surface area contributed by atoms with Crippen LogP contribution in [0.4, 0.5) is 0 Å². The SMILES string of the molecule is CCNC1(C(=O)OC)CCC(Oc2cccc(C)c2C)C1. The van der Waals surface area contributed by atoms with E-state index in [4.69, 9.17) is 9.47 Å². The van der Waals surface area contributed by atoms with Gasteiger partial charge in [0, 0.05) is 6.42 Å². The number of esters is 1. The minimum Gasteiger partial charge on any atom is -0.490 e. The van der Waals surface area contributed by atoms with Gasteiger partial charge < -0.3 is 14.8 Å². The Morgan fingerprint density at radius 1 is 1.43 bits per heavy atom. The number of nitrogens with one attached hydrogen (secondary N) is 1. The third kappa shape index (κ3) is 3.21. The second-order valence-electron chi connectivity index (χ2n) is 5.78. The maximum atomic E-state index is 12.1. The fraction of sp³-hybridized carbons (Fsp3) is 0.588. The molecule has 21 heavy (non-hydrogen) atoms. The van der Waals surface area contributed by atoms with Crippen LogP contribution in [0, 0.1) is 13.8 Å². The van der Waals surface area contributed by atoms with E-state index < -0.39 is 5.54 Å². The third-order valence-corrected chi connectivity index (χ3v) is 4.41. The van der Waals surface area contributed by atoms with E-state index in [0.717, 1.165) is 30.7 Å². The lowest BCUT2D eigenvalue weighted by atomic mass is 9.97. The molecular weight excluding hydrogens is 266 g/mol. The lowest BCUT2D eigenvalue weighted by molar-refractivity contribution is -0.148. The first-order valence-corrected chi connectivity index (χ1v) is 7.58. The number of carbonyl (C=O) groups excluding carboxylic acids is 1. The summed E-state index contributed by atoms with van der Waals surface area (Å²) in [6.45, 7) is 6.89. The van der Waals surface area contributed by atoms with E-state index in [9.17, 15) is 4.79 Å². The number of carbonyl (C=O) groups is 1. The molecule has 2 atom stereocenters.